The molecule has 0 saturated carbocycles. The fourth-order valence-corrected chi connectivity index (χ4v) is 0.800. The van der Waals surface area contributed by atoms with Crippen LogP contribution >= 0.6 is 23.2 Å². The maximum absolute atomic E-state index is 10.9. The smallest absolute Gasteiger partial charge is 0.184 e. The van der Waals surface area contributed by atoms with E-state index in [1.807, 2.05) is 0 Å². The second-order valence-electron chi connectivity index (χ2n) is 2.21. The van der Waals surface area contributed by atoms with Gasteiger partial charge in [-0.25, -0.2) is 4.98 Å². The molecule has 1 heterocycles. The van der Waals surface area contributed by atoms with Gasteiger partial charge in [0.15, 0.2) is 10.6 Å². The van der Waals surface area contributed by atoms with Crippen LogP contribution in [0.3, 0.4) is 0 Å². The van der Waals surface area contributed by atoms with Crippen LogP contribution in [0.25, 0.3) is 0 Å². The van der Waals surface area contributed by atoms with Crippen LogP contribution in [-0.4, -0.2) is 27.1 Å². The molecule has 0 aliphatic rings. The minimum atomic E-state index is -0.996. The lowest BCUT2D eigenvalue weighted by atomic mass is 10.4. The van der Waals surface area contributed by atoms with E-state index in [0.29, 0.717) is 5.82 Å². The van der Waals surface area contributed by atoms with Gasteiger partial charge >= 0.3 is 0 Å². The van der Waals surface area contributed by atoms with Gasteiger partial charge in [-0.1, -0.05) is 23.2 Å². The van der Waals surface area contributed by atoms with E-state index in [1.165, 1.54) is 12.4 Å². The average Bonchev–Trinajstić information content (AvgIpc) is 2.15. The van der Waals surface area contributed by atoms with Crippen LogP contribution in [0.5, 0.6) is 0 Å². The Hall–Kier alpha value is -0.870. The molecule has 70 valence electrons. The predicted molar refractivity (Wildman–Crippen MR) is 51.0 cm³/mol. The summed E-state index contributed by atoms with van der Waals surface area (Å²) in [5.74, 6) is 0.221. The highest BCUT2D eigenvalue weighted by Gasteiger charge is 2.10. The van der Waals surface area contributed by atoms with Crippen molar-refractivity contribution in [2.75, 3.05) is 11.9 Å². The summed E-state index contributed by atoms with van der Waals surface area (Å²) in [4.78, 5) is 17.6. The Morgan fingerprint density at radius 2 is 2.31 bits per heavy atom. The highest BCUT2D eigenvalue weighted by molar-refractivity contribution is 6.54. The summed E-state index contributed by atoms with van der Waals surface area (Å²) in [5, 5.41) is 2.73. The van der Waals surface area contributed by atoms with Crippen LogP contribution in [0.4, 0.5) is 5.82 Å². The van der Waals surface area contributed by atoms with Gasteiger partial charge < -0.3 is 5.32 Å². The lowest BCUT2D eigenvalue weighted by Crippen LogP contribution is -2.19. The molecular weight excluding hydrogens is 213 g/mol. The Morgan fingerprint density at radius 3 is 2.85 bits per heavy atom. The van der Waals surface area contributed by atoms with Crippen molar-refractivity contribution in [3.63, 3.8) is 0 Å². The van der Waals surface area contributed by atoms with Gasteiger partial charge in [0.25, 0.3) is 0 Å². The molecule has 0 atom stereocenters. The second kappa shape index (κ2) is 4.99. The molecule has 0 saturated heterocycles. The lowest BCUT2D eigenvalue weighted by molar-refractivity contribution is -0.115. The molecule has 1 aromatic heterocycles. The Balaban J connectivity index is 2.40. The van der Waals surface area contributed by atoms with Crippen molar-refractivity contribution in [1.29, 1.82) is 0 Å². The summed E-state index contributed by atoms with van der Waals surface area (Å²) in [6.07, 6.45) is 4.56. The molecule has 0 bridgehead atoms. The summed E-state index contributed by atoms with van der Waals surface area (Å²) in [5.41, 5.74) is 0. The molecule has 1 aromatic rings. The van der Waals surface area contributed by atoms with Gasteiger partial charge in [0.05, 0.1) is 12.7 Å². The molecule has 6 heteroatoms. The molecule has 0 radical (unpaired) electrons. The van der Waals surface area contributed by atoms with Crippen molar-refractivity contribution in [2.24, 2.45) is 0 Å². The first-order valence-electron chi connectivity index (χ1n) is 3.51. The summed E-state index contributed by atoms with van der Waals surface area (Å²) < 4.78 is 0. The first kappa shape index (κ1) is 10.2. The highest BCUT2D eigenvalue weighted by Crippen LogP contribution is 2.03. The van der Waals surface area contributed by atoms with Crippen molar-refractivity contribution in [3.05, 3.63) is 18.6 Å². The number of halogens is 2. The zero-order chi connectivity index (χ0) is 9.68. The number of aromatic nitrogens is 2. The average molecular weight is 220 g/mol. The van der Waals surface area contributed by atoms with Crippen LogP contribution in [0.15, 0.2) is 18.6 Å². The third-order valence-corrected chi connectivity index (χ3v) is 1.74. The van der Waals surface area contributed by atoms with Crippen LogP contribution in [0.2, 0.25) is 0 Å². The zero-order valence-electron chi connectivity index (χ0n) is 6.58. The van der Waals surface area contributed by atoms with Crippen molar-refractivity contribution >= 4 is 34.8 Å². The number of nitrogens with one attached hydrogen (secondary N) is 1. The number of alkyl halides is 2. The molecule has 0 amide bonds. The normalized spacial score (nSPS) is 10.1. The van der Waals surface area contributed by atoms with Crippen LogP contribution in [0.1, 0.15) is 0 Å². The maximum atomic E-state index is 10.9. The van der Waals surface area contributed by atoms with Gasteiger partial charge in [0, 0.05) is 12.4 Å². The van der Waals surface area contributed by atoms with Gasteiger partial charge in [-0.2, -0.15) is 0 Å². The molecule has 0 unspecified atom stereocenters. The van der Waals surface area contributed by atoms with Gasteiger partial charge in [0.2, 0.25) is 0 Å². The third-order valence-electron chi connectivity index (χ3n) is 1.25. The number of ketones is 1. The van der Waals surface area contributed by atoms with Crippen molar-refractivity contribution < 1.29 is 4.79 Å². The predicted octanol–water partition coefficient (Wildman–Crippen LogP) is 1.26. The van der Waals surface area contributed by atoms with E-state index in [0.717, 1.165) is 0 Å². The fraction of sp³-hybridized carbons (Fsp3) is 0.286. The molecule has 13 heavy (non-hydrogen) atoms. The molecule has 0 spiro atoms. The second-order valence-corrected chi connectivity index (χ2v) is 3.31. The molecule has 1 rings (SSSR count). The molecule has 0 aromatic carbocycles. The van der Waals surface area contributed by atoms with E-state index in [1.54, 1.807) is 6.20 Å². The standard InChI is InChI=1S/C7H7Cl2N3O/c8-7(9)5(13)3-12-6-4-10-1-2-11-6/h1-2,4,7H,3H2,(H,11,12). The number of carbonyl (C=O) groups excluding carboxylic acids is 1. The topological polar surface area (TPSA) is 54.9 Å². The fourth-order valence-electron chi connectivity index (χ4n) is 0.645. The summed E-state index contributed by atoms with van der Waals surface area (Å²) in [6.45, 7) is 0.0519. The number of hydrogen-bond acceptors (Lipinski definition) is 4. The summed E-state index contributed by atoms with van der Waals surface area (Å²) in [7, 11) is 0. The number of nitrogens with zero attached hydrogens (tertiary/aromatic N) is 2. The Morgan fingerprint density at radius 1 is 1.54 bits per heavy atom. The van der Waals surface area contributed by atoms with Crippen LogP contribution in [-0.2, 0) is 4.79 Å². The number of hydrogen-bond donors (Lipinski definition) is 1. The quantitative estimate of drug-likeness (QED) is 0.776. The van der Waals surface area contributed by atoms with Crippen LogP contribution < -0.4 is 5.32 Å². The first-order valence-corrected chi connectivity index (χ1v) is 4.38. The molecule has 4 nitrogen and oxygen atoms in total. The SMILES string of the molecule is O=C(CNc1cnccn1)C(Cl)Cl. The van der Waals surface area contributed by atoms with Crippen molar-refractivity contribution in [1.82, 2.24) is 9.97 Å². The number of rotatable bonds is 4. The lowest BCUT2D eigenvalue weighted by Gasteiger charge is -2.03. The molecule has 0 fully saturated rings. The summed E-state index contributed by atoms with van der Waals surface area (Å²) >= 11 is 10.7. The molecule has 0 aliphatic carbocycles. The van der Waals surface area contributed by atoms with Crippen LogP contribution in [0, 0.1) is 0 Å². The van der Waals surface area contributed by atoms with E-state index in [-0.39, 0.29) is 12.3 Å². The molecule has 1 N–H and O–H groups in total. The van der Waals surface area contributed by atoms with E-state index in [4.69, 9.17) is 23.2 Å². The largest absolute Gasteiger partial charge is 0.362 e. The Labute approximate surface area is 85.3 Å². The van der Waals surface area contributed by atoms with Gasteiger partial charge in [-0.05, 0) is 0 Å². The number of carbonyl (C=O) groups is 1. The van der Waals surface area contributed by atoms with E-state index in [9.17, 15) is 4.79 Å². The number of Topliss-reactive ketones (excluding diaryl/α,β-unsaturated/α-hetero) is 1. The van der Waals surface area contributed by atoms with Gasteiger partial charge in [-0.15, -0.1) is 0 Å². The Kier molecular flexibility index (Phi) is 3.92. The van der Waals surface area contributed by atoms with Gasteiger partial charge in [0.1, 0.15) is 5.82 Å². The number of anilines is 1. The molecular formula is C7H7Cl2N3O. The van der Waals surface area contributed by atoms with Gasteiger partial charge in [-0.3, -0.25) is 9.78 Å². The minimum Gasteiger partial charge on any atom is -0.362 e. The van der Waals surface area contributed by atoms with E-state index < -0.39 is 4.84 Å². The van der Waals surface area contributed by atoms with Crippen molar-refractivity contribution in [2.45, 2.75) is 4.84 Å². The summed E-state index contributed by atoms with van der Waals surface area (Å²) in [6, 6.07) is 0. The highest BCUT2D eigenvalue weighted by atomic mass is 35.5. The van der Waals surface area contributed by atoms with E-state index in [2.05, 4.69) is 15.3 Å². The third kappa shape index (κ3) is 3.57. The monoisotopic (exact) mass is 219 g/mol. The minimum absolute atomic E-state index is 0.0519. The zero-order valence-corrected chi connectivity index (χ0v) is 8.09. The molecule has 0 aliphatic heterocycles. The Bertz CT molecular complexity index is 278. The maximum Gasteiger partial charge on any atom is 0.184 e. The first-order chi connectivity index (χ1) is 6.20. The van der Waals surface area contributed by atoms with Crippen molar-refractivity contribution in [3.8, 4) is 0 Å². The van der Waals surface area contributed by atoms with E-state index >= 15 is 0 Å².